The van der Waals surface area contributed by atoms with Crippen LogP contribution in [0.3, 0.4) is 0 Å². The molecule has 0 fully saturated rings. The van der Waals surface area contributed by atoms with Crippen LogP contribution in [0.4, 0.5) is 4.39 Å². The Bertz CT molecular complexity index is 231. The molecule has 1 nitrogen and oxygen atoms in total. The predicted molar refractivity (Wildman–Crippen MR) is 47.9 cm³/mol. The van der Waals surface area contributed by atoms with E-state index in [1.54, 1.807) is 6.07 Å². The number of halogens is 2. The Morgan fingerprint density at radius 3 is 2.75 bits per heavy atom. The second-order valence-corrected chi connectivity index (χ2v) is 2.97. The van der Waals surface area contributed by atoms with Gasteiger partial charge in [-0.15, -0.1) is 11.6 Å². The third-order valence-electron chi connectivity index (χ3n) is 1.85. The lowest BCUT2D eigenvalue weighted by Gasteiger charge is -2.09. The first kappa shape index (κ1) is 9.46. The van der Waals surface area contributed by atoms with E-state index in [1.165, 1.54) is 12.3 Å². The van der Waals surface area contributed by atoms with Gasteiger partial charge in [-0.2, -0.15) is 0 Å². The van der Waals surface area contributed by atoms with E-state index in [1.807, 2.05) is 6.92 Å². The SMILES string of the molecule is CCC(CCl)c1ccc(F)cn1. The lowest BCUT2D eigenvalue weighted by molar-refractivity contribution is 0.613. The molecule has 0 N–H and O–H groups in total. The second kappa shape index (κ2) is 4.41. The molecule has 0 aromatic carbocycles. The molecule has 0 aliphatic rings. The summed E-state index contributed by atoms with van der Waals surface area (Å²) in [6.07, 6.45) is 2.16. The minimum absolute atomic E-state index is 0.243. The van der Waals surface area contributed by atoms with Gasteiger partial charge in [-0.3, -0.25) is 4.98 Å². The highest BCUT2D eigenvalue weighted by atomic mass is 35.5. The van der Waals surface area contributed by atoms with Gasteiger partial charge in [0.2, 0.25) is 0 Å². The molecule has 1 rings (SSSR count). The lowest BCUT2D eigenvalue weighted by atomic mass is 10.0. The Balaban J connectivity index is 2.80. The molecular weight excluding hydrogens is 177 g/mol. The average molecular weight is 188 g/mol. The summed E-state index contributed by atoms with van der Waals surface area (Å²) in [5, 5.41) is 0. The largest absolute Gasteiger partial charge is 0.258 e. The maximum absolute atomic E-state index is 12.5. The Labute approximate surface area is 76.6 Å². The molecule has 1 heterocycles. The first-order valence-corrected chi connectivity index (χ1v) is 4.48. The van der Waals surface area contributed by atoms with E-state index in [-0.39, 0.29) is 11.7 Å². The van der Waals surface area contributed by atoms with Crippen molar-refractivity contribution in [1.29, 1.82) is 0 Å². The van der Waals surface area contributed by atoms with Crippen molar-refractivity contribution in [1.82, 2.24) is 4.98 Å². The van der Waals surface area contributed by atoms with Crippen molar-refractivity contribution < 1.29 is 4.39 Å². The van der Waals surface area contributed by atoms with Crippen LogP contribution < -0.4 is 0 Å². The molecule has 0 bridgehead atoms. The summed E-state index contributed by atoms with van der Waals surface area (Å²) >= 11 is 5.71. The predicted octanol–water partition coefficient (Wildman–Crippen LogP) is 2.95. The standard InChI is InChI=1S/C9H11ClFN/c1-2-7(5-10)9-4-3-8(11)6-12-9/h3-4,6-7H,2,5H2,1H3. The highest BCUT2D eigenvalue weighted by Gasteiger charge is 2.08. The van der Waals surface area contributed by atoms with E-state index in [9.17, 15) is 4.39 Å². The molecule has 0 saturated carbocycles. The fourth-order valence-corrected chi connectivity index (χ4v) is 1.40. The van der Waals surface area contributed by atoms with E-state index < -0.39 is 0 Å². The van der Waals surface area contributed by atoms with E-state index >= 15 is 0 Å². The van der Waals surface area contributed by atoms with Gasteiger partial charge in [0.25, 0.3) is 0 Å². The van der Waals surface area contributed by atoms with Crippen molar-refractivity contribution in [3.63, 3.8) is 0 Å². The Morgan fingerprint density at radius 2 is 2.33 bits per heavy atom. The number of hydrogen-bond acceptors (Lipinski definition) is 1. The number of pyridine rings is 1. The van der Waals surface area contributed by atoms with Crippen molar-refractivity contribution in [3.8, 4) is 0 Å². The molecule has 0 aliphatic heterocycles. The summed E-state index contributed by atoms with van der Waals surface area (Å²) in [6, 6.07) is 3.10. The van der Waals surface area contributed by atoms with Crippen LogP contribution in [0.25, 0.3) is 0 Å². The number of hydrogen-bond donors (Lipinski definition) is 0. The van der Waals surface area contributed by atoms with E-state index in [0.717, 1.165) is 12.1 Å². The van der Waals surface area contributed by atoms with Crippen molar-refractivity contribution in [2.24, 2.45) is 0 Å². The summed E-state index contributed by atoms with van der Waals surface area (Å²) in [4.78, 5) is 3.96. The van der Waals surface area contributed by atoms with Gasteiger partial charge >= 0.3 is 0 Å². The molecule has 12 heavy (non-hydrogen) atoms. The summed E-state index contributed by atoms with van der Waals surface area (Å²) in [7, 11) is 0. The molecule has 0 spiro atoms. The number of rotatable bonds is 3. The second-order valence-electron chi connectivity index (χ2n) is 2.66. The molecular formula is C9H11ClFN. The zero-order valence-corrected chi connectivity index (χ0v) is 7.68. The molecule has 1 aromatic rings. The van der Waals surface area contributed by atoms with Crippen molar-refractivity contribution in [3.05, 3.63) is 29.8 Å². The molecule has 0 amide bonds. The van der Waals surface area contributed by atoms with Crippen molar-refractivity contribution in [2.45, 2.75) is 19.3 Å². The van der Waals surface area contributed by atoms with Gasteiger partial charge in [0.1, 0.15) is 5.82 Å². The Morgan fingerprint density at radius 1 is 1.58 bits per heavy atom. The fourth-order valence-electron chi connectivity index (χ4n) is 1.03. The Kier molecular flexibility index (Phi) is 3.48. The minimum atomic E-state index is -0.303. The van der Waals surface area contributed by atoms with Gasteiger partial charge < -0.3 is 0 Å². The molecule has 0 saturated heterocycles. The van der Waals surface area contributed by atoms with E-state index in [4.69, 9.17) is 11.6 Å². The van der Waals surface area contributed by atoms with Crippen LogP contribution in [0.5, 0.6) is 0 Å². The van der Waals surface area contributed by atoms with E-state index in [0.29, 0.717) is 5.88 Å². The third-order valence-corrected chi connectivity index (χ3v) is 2.22. The van der Waals surface area contributed by atoms with Crippen LogP contribution in [0.2, 0.25) is 0 Å². The third kappa shape index (κ3) is 2.18. The van der Waals surface area contributed by atoms with E-state index in [2.05, 4.69) is 4.98 Å². The monoisotopic (exact) mass is 187 g/mol. The summed E-state index contributed by atoms with van der Waals surface area (Å²) in [5.74, 6) is 0.477. The van der Waals surface area contributed by atoms with Crippen LogP contribution >= 0.6 is 11.6 Å². The summed E-state index contributed by atoms with van der Waals surface area (Å²) in [6.45, 7) is 2.04. The van der Waals surface area contributed by atoms with Crippen LogP contribution in [-0.4, -0.2) is 10.9 Å². The first-order valence-electron chi connectivity index (χ1n) is 3.95. The van der Waals surface area contributed by atoms with Gasteiger partial charge in [0.15, 0.2) is 0 Å². The van der Waals surface area contributed by atoms with Gasteiger partial charge in [-0.1, -0.05) is 6.92 Å². The minimum Gasteiger partial charge on any atom is -0.258 e. The van der Waals surface area contributed by atoms with Crippen molar-refractivity contribution in [2.75, 3.05) is 5.88 Å². The Hall–Kier alpha value is -0.630. The maximum Gasteiger partial charge on any atom is 0.141 e. The topological polar surface area (TPSA) is 12.9 Å². The normalized spacial score (nSPS) is 12.9. The highest BCUT2D eigenvalue weighted by molar-refractivity contribution is 6.18. The smallest absolute Gasteiger partial charge is 0.141 e. The molecule has 1 atom stereocenters. The zero-order chi connectivity index (χ0) is 8.97. The molecule has 1 unspecified atom stereocenters. The molecule has 0 radical (unpaired) electrons. The highest BCUT2D eigenvalue weighted by Crippen LogP contribution is 2.18. The zero-order valence-electron chi connectivity index (χ0n) is 6.93. The molecule has 66 valence electrons. The number of alkyl halides is 1. The van der Waals surface area contributed by atoms with Gasteiger partial charge in [-0.05, 0) is 18.6 Å². The first-order chi connectivity index (χ1) is 5.77. The average Bonchev–Trinajstić information content (AvgIpc) is 2.10. The number of aromatic nitrogens is 1. The van der Waals surface area contributed by atoms with Gasteiger partial charge in [0, 0.05) is 17.5 Å². The van der Waals surface area contributed by atoms with Crippen LogP contribution in [0, 0.1) is 5.82 Å². The molecule has 3 heteroatoms. The van der Waals surface area contributed by atoms with Crippen LogP contribution in [0.15, 0.2) is 18.3 Å². The van der Waals surface area contributed by atoms with Crippen LogP contribution in [0.1, 0.15) is 25.0 Å². The fraction of sp³-hybridized carbons (Fsp3) is 0.444. The van der Waals surface area contributed by atoms with Crippen molar-refractivity contribution >= 4 is 11.6 Å². The van der Waals surface area contributed by atoms with Gasteiger partial charge in [0.05, 0.1) is 6.20 Å². The quantitative estimate of drug-likeness (QED) is 0.663. The maximum atomic E-state index is 12.5. The van der Waals surface area contributed by atoms with Crippen LogP contribution in [-0.2, 0) is 0 Å². The molecule has 1 aromatic heterocycles. The summed E-state index contributed by atoms with van der Waals surface area (Å²) < 4.78 is 12.5. The molecule has 0 aliphatic carbocycles. The summed E-state index contributed by atoms with van der Waals surface area (Å²) in [5.41, 5.74) is 0.869. The number of nitrogens with zero attached hydrogens (tertiary/aromatic N) is 1. The van der Waals surface area contributed by atoms with Gasteiger partial charge in [-0.25, -0.2) is 4.39 Å². The lowest BCUT2D eigenvalue weighted by Crippen LogP contribution is -2.01.